The van der Waals surface area contributed by atoms with Crippen molar-refractivity contribution in [3.8, 4) is 0 Å². The molecule has 0 aliphatic rings. The van der Waals surface area contributed by atoms with Gasteiger partial charge >= 0.3 is 12.1 Å². The van der Waals surface area contributed by atoms with Crippen molar-refractivity contribution in [2.45, 2.75) is 52.2 Å². The maximum Gasteiger partial charge on any atom is 0.412 e. The molecule has 4 N–H and O–H groups in total. The summed E-state index contributed by atoms with van der Waals surface area (Å²) >= 11 is 0. The van der Waals surface area contributed by atoms with E-state index in [0.717, 1.165) is 11.1 Å². The van der Waals surface area contributed by atoms with E-state index in [2.05, 4.69) is 5.32 Å². The van der Waals surface area contributed by atoms with Gasteiger partial charge in [-0.2, -0.15) is 0 Å². The van der Waals surface area contributed by atoms with Gasteiger partial charge < -0.3 is 15.6 Å². The molecule has 0 saturated heterocycles. The Morgan fingerprint density at radius 1 is 1.36 bits per heavy atom. The lowest BCUT2D eigenvalue weighted by atomic mass is 10.0. The minimum absolute atomic E-state index is 0.00384. The van der Waals surface area contributed by atoms with Gasteiger partial charge in [0, 0.05) is 18.2 Å². The van der Waals surface area contributed by atoms with E-state index in [9.17, 15) is 9.59 Å². The van der Waals surface area contributed by atoms with Gasteiger partial charge in [0.25, 0.3) is 0 Å². The van der Waals surface area contributed by atoms with E-state index < -0.39 is 23.7 Å². The monoisotopic (exact) mass is 308 g/mol. The Bertz CT molecular complexity index is 550. The van der Waals surface area contributed by atoms with E-state index in [1.165, 1.54) is 0 Å². The third-order valence-corrected chi connectivity index (χ3v) is 2.99. The number of carbonyl (C=O) groups excluding carboxylic acids is 1. The van der Waals surface area contributed by atoms with Gasteiger partial charge in [-0.1, -0.05) is 12.1 Å². The predicted molar refractivity (Wildman–Crippen MR) is 84.8 cm³/mol. The molecule has 1 unspecified atom stereocenters. The van der Waals surface area contributed by atoms with Crippen molar-refractivity contribution < 1.29 is 19.4 Å². The van der Waals surface area contributed by atoms with Gasteiger partial charge in [0.1, 0.15) is 5.60 Å². The second-order valence-electron chi connectivity index (χ2n) is 6.24. The first kappa shape index (κ1) is 18.0. The number of hydrogen-bond donors (Lipinski definition) is 3. The van der Waals surface area contributed by atoms with Crippen LogP contribution in [0.4, 0.5) is 10.5 Å². The number of aliphatic carboxylic acids is 1. The number of nitrogens with two attached hydrogens (primary N) is 1. The number of aryl methyl sites for hydroxylation is 1. The summed E-state index contributed by atoms with van der Waals surface area (Å²) in [6.07, 6.45) is -0.194. The van der Waals surface area contributed by atoms with Gasteiger partial charge in [-0.3, -0.25) is 10.1 Å². The number of nitrogens with one attached hydrogen (secondary N) is 1. The van der Waals surface area contributed by atoms with Crippen LogP contribution in [0.3, 0.4) is 0 Å². The molecule has 0 heterocycles. The summed E-state index contributed by atoms with van der Waals surface area (Å²) in [5.74, 6) is -0.880. The van der Waals surface area contributed by atoms with Crippen LogP contribution in [-0.4, -0.2) is 22.8 Å². The molecule has 6 heteroatoms. The molecule has 6 nitrogen and oxygen atoms in total. The van der Waals surface area contributed by atoms with Crippen molar-refractivity contribution in [1.29, 1.82) is 0 Å². The Labute approximate surface area is 130 Å². The number of carboxylic acids is 1. The topological polar surface area (TPSA) is 102 Å². The highest BCUT2D eigenvalue weighted by molar-refractivity contribution is 5.86. The van der Waals surface area contributed by atoms with E-state index >= 15 is 0 Å². The van der Waals surface area contributed by atoms with E-state index in [1.54, 1.807) is 26.8 Å². The number of amides is 1. The highest BCUT2D eigenvalue weighted by Crippen LogP contribution is 2.23. The number of carbonyl (C=O) groups is 2. The molecule has 0 radical (unpaired) electrons. The molecule has 0 aliphatic heterocycles. The second kappa shape index (κ2) is 7.26. The zero-order chi connectivity index (χ0) is 16.9. The number of ether oxygens (including phenoxy) is 1. The molecule has 0 fully saturated rings. The lowest BCUT2D eigenvalue weighted by molar-refractivity contribution is -0.137. The Kier molecular flexibility index (Phi) is 5.93. The van der Waals surface area contributed by atoms with Crippen molar-refractivity contribution in [3.63, 3.8) is 0 Å². The average Bonchev–Trinajstić information content (AvgIpc) is 2.36. The smallest absolute Gasteiger partial charge is 0.412 e. The van der Waals surface area contributed by atoms with Crippen molar-refractivity contribution in [3.05, 3.63) is 29.3 Å². The number of carboxylic acid groups (broad SMARTS) is 1. The largest absolute Gasteiger partial charge is 0.481 e. The van der Waals surface area contributed by atoms with Crippen LogP contribution in [0.15, 0.2) is 18.2 Å². The van der Waals surface area contributed by atoms with Crippen LogP contribution in [0.5, 0.6) is 0 Å². The lowest BCUT2D eigenvalue weighted by Gasteiger charge is -2.21. The van der Waals surface area contributed by atoms with Crippen LogP contribution < -0.4 is 11.1 Å². The third-order valence-electron chi connectivity index (χ3n) is 2.99. The van der Waals surface area contributed by atoms with Gasteiger partial charge in [-0.25, -0.2) is 4.79 Å². The Morgan fingerprint density at radius 3 is 2.55 bits per heavy atom. The van der Waals surface area contributed by atoms with Crippen LogP contribution in [0, 0.1) is 6.92 Å². The zero-order valence-corrected chi connectivity index (χ0v) is 13.5. The van der Waals surface area contributed by atoms with Gasteiger partial charge in [0.15, 0.2) is 0 Å². The van der Waals surface area contributed by atoms with Crippen LogP contribution in [0.1, 0.15) is 50.8 Å². The number of benzene rings is 1. The molecule has 1 aromatic carbocycles. The van der Waals surface area contributed by atoms with Gasteiger partial charge in [0.05, 0.1) is 0 Å². The van der Waals surface area contributed by atoms with Crippen LogP contribution >= 0.6 is 0 Å². The van der Waals surface area contributed by atoms with Crippen molar-refractivity contribution in [2.75, 3.05) is 5.32 Å². The van der Waals surface area contributed by atoms with Crippen molar-refractivity contribution in [2.24, 2.45) is 5.73 Å². The highest BCUT2D eigenvalue weighted by Gasteiger charge is 2.17. The van der Waals surface area contributed by atoms with Gasteiger partial charge in [-0.15, -0.1) is 0 Å². The standard InChI is InChI=1S/C16H24N2O4/c1-10-5-6-11(12(17)7-8-14(19)20)9-13(10)18-15(21)22-16(2,3)4/h5-6,9,12H,7-8,17H2,1-4H3,(H,18,21)(H,19,20). The number of hydrogen-bond acceptors (Lipinski definition) is 4. The molecule has 22 heavy (non-hydrogen) atoms. The molecule has 0 aromatic heterocycles. The normalized spacial score (nSPS) is 12.6. The fourth-order valence-electron chi connectivity index (χ4n) is 1.86. The van der Waals surface area contributed by atoms with E-state index in [0.29, 0.717) is 12.1 Å². The first-order valence-electron chi connectivity index (χ1n) is 7.16. The predicted octanol–water partition coefficient (Wildman–Crippen LogP) is 3.21. The molecule has 0 spiro atoms. The quantitative estimate of drug-likeness (QED) is 0.775. The van der Waals surface area contributed by atoms with Crippen molar-refractivity contribution >= 4 is 17.7 Å². The van der Waals surface area contributed by atoms with E-state index in [1.807, 2.05) is 19.1 Å². The third kappa shape index (κ3) is 6.13. The summed E-state index contributed by atoms with van der Waals surface area (Å²) in [4.78, 5) is 22.4. The molecule has 1 atom stereocenters. The van der Waals surface area contributed by atoms with Crippen LogP contribution in [0.25, 0.3) is 0 Å². The summed E-state index contributed by atoms with van der Waals surface area (Å²) in [5, 5.41) is 11.4. The number of anilines is 1. The molecular weight excluding hydrogens is 284 g/mol. The molecule has 122 valence electrons. The molecule has 1 rings (SSSR count). The van der Waals surface area contributed by atoms with Gasteiger partial charge in [0.2, 0.25) is 0 Å². The fourth-order valence-corrected chi connectivity index (χ4v) is 1.86. The first-order valence-corrected chi connectivity index (χ1v) is 7.16. The summed E-state index contributed by atoms with van der Waals surface area (Å²) in [6.45, 7) is 7.23. The van der Waals surface area contributed by atoms with Gasteiger partial charge in [-0.05, 0) is 51.3 Å². The molecular formula is C16H24N2O4. The molecule has 1 amide bonds. The maximum atomic E-state index is 11.8. The first-order chi connectivity index (χ1) is 10.1. The summed E-state index contributed by atoms with van der Waals surface area (Å²) in [7, 11) is 0. The lowest BCUT2D eigenvalue weighted by Crippen LogP contribution is -2.27. The maximum absolute atomic E-state index is 11.8. The van der Waals surface area contributed by atoms with Crippen LogP contribution in [-0.2, 0) is 9.53 Å². The van der Waals surface area contributed by atoms with Crippen LogP contribution in [0.2, 0.25) is 0 Å². The summed E-state index contributed by atoms with van der Waals surface area (Å²) in [5.41, 5.74) is 7.67. The highest BCUT2D eigenvalue weighted by atomic mass is 16.6. The molecule has 0 saturated carbocycles. The number of rotatable bonds is 5. The SMILES string of the molecule is Cc1ccc(C(N)CCC(=O)O)cc1NC(=O)OC(C)(C)C. The zero-order valence-electron chi connectivity index (χ0n) is 13.5. The molecule has 1 aromatic rings. The van der Waals surface area contributed by atoms with E-state index in [-0.39, 0.29) is 6.42 Å². The molecule has 0 aliphatic carbocycles. The fraction of sp³-hybridized carbons (Fsp3) is 0.500. The average molecular weight is 308 g/mol. The summed E-state index contributed by atoms with van der Waals surface area (Å²) in [6, 6.07) is 5.03. The Balaban J connectivity index is 2.81. The Hall–Kier alpha value is -2.08. The van der Waals surface area contributed by atoms with E-state index in [4.69, 9.17) is 15.6 Å². The second-order valence-corrected chi connectivity index (χ2v) is 6.24. The minimum atomic E-state index is -0.880. The minimum Gasteiger partial charge on any atom is -0.481 e. The van der Waals surface area contributed by atoms with Crippen molar-refractivity contribution in [1.82, 2.24) is 0 Å². The summed E-state index contributed by atoms with van der Waals surface area (Å²) < 4.78 is 5.22. The Morgan fingerprint density at radius 2 is 2.00 bits per heavy atom. The molecule has 0 bridgehead atoms.